The number of ether oxygens (including phenoxy) is 2. The molecule has 0 aliphatic heterocycles. The number of nitrogens with zero attached hydrogens (tertiary/aromatic N) is 2. The first-order valence-corrected chi connectivity index (χ1v) is 6.11. The van der Waals surface area contributed by atoms with E-state index in [9.17, 15) is 0 Å². The molecule has 5 heteroatoms. The Balaban J connectivity index is 2.27. The van der Waals surface area contributed by atoms with Crippen LogP contribution in [0.1, 0.15) is 18.2 Å². The zero-order chi connectivity index (χ0) is 13.8. The molecule has 1 aromatic heterocycles. The summed E-state index contributed by atoms with van der Waals surface area (Å²) in [5, 5.41) is 0. The Morgan fingerprint density at radius 3 is 2.63 bits per heavy atom. The summed E-state index contributed by atoms with van der Waals surface area (Å²) in [7, 11) is 0. The number of aryl methyl sites for hydroxylation is 2. The van der Waals surface area contributed by atoms with Gasteiger partial charge in [-0.1, -0.05) is 0 Å². The monoisotopic (exact) mass is 259 g/mol. The third-order valence-electron chi connectivity index (χ3n) is 2.50. The Labute approximate surface area is 112 Å². The van der Waals surface area contributed by atoms with Gasteiger partial charge in [0.1, 0.15) is 5.75 Å². The van der Waals surface area contributed by atoms with Gasteiger partial charge < -0.3 is 15.2 Å². The fraction of sp³-hybridized carbons (Fsp3) is 0.286. The van der Waals surface area contributed by atoms with Gasteiger partial charge in [-0.05, 0) is 44.5 Å². The molecule has 2 aromatic rings. The molecule has 1 heterocycles. The molecule has 0 saturated heterocycles. The van der Waals surface area contributed by atoms with Crippen LogP contribution in [0, 0.1) is 13.8 Å². The molecule has 2 rings (SSSR count). The summed E-state index contributed by atoms with van der Waals surface area (Å²) in [5.41, 5.74) is 8.13. The lowest BCUT2D eigenvalue weighted by atomic mass is 10.2. The van der Waals surface area contributed by atoms with Crippen molar-refractivity contribution < 1.29 is 9.47 Å². The lowest BCUT2D eigenvalue weighted by Gasteiger charge is -2.09. The summed E-state index contributed by atoms with van der Waals surface area (Å²) in [5.74, 6) is 1.19. The second-order valence-corrected chi connectivity index (χ2v) is 4.19. The fourth-order valence-electron chi connectivity index (χ4n) is 1.67. The van der Waals surface area contributed by atoms with Gasteiger partial charge in [-0.3, -0.25) is 0 Å². The number of nitrogens with two attached hydrogens (primary N) is 1. The van der Waals surface area contributed by atoms with Crippen molar-refractivity contribution in [2.45, 2.75) is 20.8 Å². The summed E-state index contributed by atoms with van der Waals surface area (Å²) >= 11 is 0. The maximum absolute atomic E-state index is 5.70. The maximum atomic E-state index is 5.70. The topological polar surface area (TPSA) is 70.3 Å². The minimum Gasteiger partial charge on any atom is -0.478 e. The zero-order valence-electron chi connectivity index (χ0n) is 11.3. The van der Waals surface area contributed by atoms with Gasteiger partial charge in [0.15, 0.2) is 0 Å². The molecule has 1 aromatic carbocycles. The van der Waals surface area contributed by atoms with E-state index in [1.54, 1.807) is 18.2 Å². The molecule has 0 saturated carbocycles. The van der Waals surface area contributed by atoms with Crippen LogP contribution in [-0.2, 0) is 0 Å². The van der Waals surface area contributed by atoms with E-state index in [4.69, 9.17) is 15.2 Å². The molecule has 0 radical (unpaired) electrons. The first-order chi connectivity index (χ1) is 9.08. The van der Waals surface area contributed by atoms with Crippen molar-refractivity contribution in [1.82, 2.24) is 9.97 Å². The van der Waals surface area contributed by atoms with Crippen molar-refractivity contribution in [3.05, 3.63) is 35.5 Å². The van der Waals surface area contributed by atoms with Crippen LogP contribution >= 0.6 is 0 Å². The van der Waals surface area contributed by atoms with Crippen LogP contribution in [0.3, 0.4) is 0 Å². The SMILES string of the molecule is CCOc1cc(C)nc(Oc2ccc(N)cc2C)n1. The van der Waals surface area contributed by atoms with Crippen LogP contribution < -0.4 is 15.2 Å². The van der Waals surface area contributed by atoms with E-state index in [1.807, 2.05) is 26.8 Å². The first kappa shape index (κ1) is 13.1. The van der Waals surface area contributed by atoms with Crippen molar-refractivity contribution in [3.8, 4) is 17.6 Å². The van der Waals surface area contributed by atoms with Crippen molar-refractivity contribution in [2.24, 2.45) is 0 Å². The highest BCUT2D eigenvalue weighted by molar-refractivity contribution is 5.47. The van der Waals surface area contributed by atoms with Gasteiger partial charge in [-0.2, -0.15) is 9.97 Å². The molecular weight excluding hydrogens is 242 g/mol. The van der Waals surface area contributed by atoms with Crippen LogP contribution in [0.25, 0.3) is 0 Å². The van der Waals surface area contributed by atoms with Crippen LogP contribution in [0.2, 0.25) is 0 Å². The molecule has 0 aliphatic rings. The quantitative estimate of drug-likeness (QED) is 0.855. The summed E-state index contributed by atoms with van der Waals surface area (Å²) in [6.45, 7) is 6.25. The van der Waals surface area contributed by atoms with E-state index < -0.39 is 0 Å². The van der Waals surface area contributed by atoms with Gasteiger partial charge in [0.05, 0.1) is 6.61 Å². The van der Waals surface area contributed by atoms with Gasteiger partial charge in [-0.25, -0.2) is 0 Å². The van der Waals surface area contributed by atoms with Crippen molar-refractivity contribution in [3.63, 3.8) is 0 Å². The van der Waals surface area contributed by atoms with Gasteiger partial charge in [0, 0.05) is 17.4 Å². The van der Waals surface area contributed by atoms with E-state index in [2.05, 4.69) is 9.97 Å². The first-order valence-electron chi connectivity index (χ1n) is 6.11. The standard InChI is InChI=1S/C14H17N3O2/c1-4-18-13-8-10(3)16-14(17-13)19-12-6-5-11(15)7-9(12)2/h5-8H,4,15H2,1-3H3. The number of rotatable bonds is 4. The summed E-state index contributed by atoms with van der Waals surface area (Å²) in [6, 6.07) is 7.47. The largest absolute Gasteiger partial charge is 0.478 e. The average molecular weight is 259 g/mol. The number of hydrogen-bond donors (Lipinski definition) is 1. The highest BCUT2D eigenvalue weighted by Gasteiger charge is 2.07. The molecule has 0 atom stereocenters. The van der Waals surface area contributed by atoms with E-state index in [-0.39, 0.29) is 6.01 Å². The third kappa shape index (κ3) is 3.34. The third-order valence-corrected chi connectivity index (χ3v) is 2.50. The summed E-state index contributed by atoms with van der Waals surface area (Å²) in [6.07, 6.45) is 0. The molecule has 0 aliphatic carbocycles. The fourth-order valence-corrected chi connectivity index (χ4v) is 1.67. The smallest absolute Gasteiger partial charge is 0.325 e. The molecule has 0 amide bonds. The van der Waals surface area contributed by atoms with Crippen LogP contribution in [0.15, 0.2) is 24.3 Å². The minimum absolute atomic E-state index is 0.274. The molecular formula is C14H17N3O2. The molecule has 0 spiro atoms. The van der Waals surface area contributed by atoms with Gasteiger partial charge in [0.25, 0.3) is 0 Å². The predicted octanol–water partition coefficient (Wildman–Crippen LogP) is 2.87. The lowest BCUT2D eigenvalue weighted by Crippen LogP contribution is -2.00. The van der Waals surface area contributed by atoms with Crippen molar-refractivity contribution >= 4 is 5.69 Å². The number of benzene rings is 1. The van der Waals surface area contributed by atoms with E-state index >= 15 is 0 Å². The number of aromatic nitrogens is 2. The normalized spacial score (nSPS) is 10.3. The minimum atomic E-state index is 0.274. The number of nitrogen functional groups attached to an aromatic ring is 1. The second-order valence-electron chi connectivity index (χ2n) is 4.19. The molecule has 19 heavy (non-hydrogen) atoms. The Morgan fingerprint density at radius 2 is 1.95 bits per heavy atom. The number of hydrogen-bond acceptors (Lipinski definition) is 5. The Bertz CT molecular complexity index is 585. The molecule has 2 N–H and O–H groups in total. The predicted molar refractivity (Wildman–Crippen MR) is 73.6 cm³/mol. The molecule has 5 nitrogen and oxygen atoms in total. The van der Waals surface area contributed by atoms with Crippen molar-refractivity contribution in [1.29, 1.82) is 0 Å². The Morgan fingerprint density at radius 1 is 1.16 bits per heavy atom. The summed E-state index contributed by atoms with van der Waals surface area (Å²) < 4.78 is 11.0. The van der Waals surface area contributed by atoms with Crippen LogP contribution in [-0.4, -0.2) is 16.6 Å². The van der Waals surface area contributed by atoms with E-state index in [0.717, 1.165) is 11.3 Å². The van der Waals surface area contributed by atoms with Gasteiger partial charge >= 0.3 is 6.01 Å². The van der Waals surface area contributed by atoms with E-state index in [0.29, 0.717) is 23.9 Å². The van der Waals surface area contributed by atoms with Crippen LogP contribution in [0.4, 0.5) is 5.69 Å². The van der Waals surface area contributed by atoms with Crippen molar-refractivity contribution in [2.75, 3.05) is 12.3 Å². The van der Waals surface area contributed by atoms with Gasteiger partial charge in [-0.15, -0.1) is 0 Å². The molecule has 100 valence electrons. The average Bonchev–Trinajstić information content (AvgIpc) is 2.32. The molecule has 0 bridgehead atoms. The van der Waals surface area contributed by atoms with Crippen LogP contribution in [0.5, 0.6) is 17.6 Å². The highest BCUT2D eigenvalue weighted by atomic mass is 16.5. The van der Waals surface area contributed by atoms with E-state index in [1.165, 1.54) is 0 Å². The lowest BCUT2D eigenvalue weighted by molar-refractivity contribution is 0.317. The Hall–Kier alpha value is -2.30. The molecule has 0 unspecified atom stereocenters. The zero-order valence-corrected chi connectivity index (χ0v) is 11.3. The Kier molecular flexibility index (Phi) is 3.85. The second kappa shape index (κ2) is 5.56. The molecule has 0 fully saturated rings. The number of anilines is 1. The summed E-state index contributed by atoms with van der Waals surface area (Å²) in [4.78, 5) is 8.43. The maximum Gasteiger partial charge on any atom is 0.325 e. The van der Waals surface area contributed by atoms with Gasteiger partial charge in [0.2, 0.25) is 5.88 Å². The highest BCUT2D eigenvalue weighted by Crippen LogP contribution is 2.25.